The second-order valence-electron chi connectivity index (χ2n) is 19.4. The van der Waals surface area contributed by atoms with E-state index in [2.05, 4.69) is 245 Å². The van der Waals surface area contributed by atoms with Crippen molar-refractivity contribution in [3.05, 3.63) is 228 Å². The molecule has 12 rings (SSSR count). The maximum absolute atomic E-state index is 2.57. The number of hydrogen-bond donors (Lipinski definition) is 0. The second kappa shape index (κ2) is 13.4. The molecule has 3 aliphatic rings. The second-order valence-corrected chi connectivity index (χ2v) is 19.4. The average Bonchev–Trinajstić information content (AvgIpc) is 3.68. The molecule has 0 bridgehead atoms. The van der Waals surface area contributed by atoms with Crippen molar-refractivity contribution in [3.8, 4) is 33.4 Å². The molecule has 0 N–H and O–H groups in total. The molecule has 0 amide bonds. The van der Waals surface area contributed by atoms with E-state index in [1.165, 1.54) is 88.9 Å². The fourth-order valence-corrected chi connectivity index (χ4v) is 11.5. The monoisotopic (exact) mass is 810 g/mol. The van der Waals surface area contributed by atoms with Crippen molar-refractivity contribution in [2.45, 2.75) is 57.8 Å². The Morgan fingerprint density at radius 3 is 1.57 bits per heavy atom. The molecule has 9 aromatic carbocycles. The molecule has 1 heterocycles. The van der Waals surface area contributed by atoms with Crippen LogP contribution >= 0.6 is 0 Å². The largest absolute Gasteiger partial charge is 0.308 e. The highest BCUT2D eigenvalue weighted by Crippen LogP contribution is 2.58. The topological polar surface area (TPSA) is 6.48 Å². The molecule has 1 aliphatic heterocycles. The van der Waals surface area contributed by atoms with Gasteiger partial charge in [-0.05, 0) is 127 Å². The summed E-state index contributed by atoms with van der Waals surface area (Å²) in [6, 6.07) is 72.9. The van der Waals surface area contributed by atoms with E-state index in [4.69, 9.17) is 0 Å². The minimum Gasteiger partial charge on any atom is -0.308 e. The molecule has 0 spiro atoms. The van der Waals surface area contributed by atoms with Crippen LogP contribution in [0, 0.1) is 0 Å². The third kappa shape index (κ3) is 5.37. The van der Waals surface area contributed by atoms with Crippen LogP contribution in [-0.4, -0.2) is 0 Å². The summed E-state index contributed by atoms with van der Waals surface area (Å²) in [6.07, 6.45) is 0. The van der Waals surface area contributed by atoms with E-state index in [0.717, 1.165) is 22.7 Å². The van der Waals surface area contributed by atoms with Gasteiger partial charge in [0, 0.05) is 33.0 Å². The maximum Gasteiger partial charge on any atom is 0.0781 e. The van der Waals surface area contributed by atoms with Gasteiger partial charge in [-0.15, -0.1) is 0 Å². The fourth-order valence-electron chi connectivity index (χ4n) is 11.5. The number of fused-ring (bicyclic) bond motifs is 9. The van der Waals surface area contributed by atoms with Gasteiger partial charge < -0.3 is 9.80 Å². The molecule has 63 heavy (non-hydrogen) atoms. The zero-order chi connectivity index (χ0) is 42.8. The lowest BCUT2D eigenvalue weighted by Gasteiger charge is -2.44. The van der Waals surface area contributed by atoms with E-state index in [1.54, 1.807) is 0 Å². The van der Waals surface area contributed by atoms with Crippen LogP contribution in [0.1, 0.15) is 74.9 Å². The molecule has 304 valence electrons. The number of hydrogen-bond acceptors (Lipinski definition) is 2. The van der Waals surface area contributed by atoms with Crippen LogP contribution in [-0.2, 0) is 16.2 Å². The Kier molecular flexibility index (Phi) is 8.01. The van der Waals surface area contributed by atoms with Crippen molar-refractivity contribution in [3.63, 3.8) is 0 Å². The summed E-state index contributed by atoms with van der Waals surface area (Å²) >= 11 is 0. The maximum atomic E-state index is 2.57. The van der Waals surface area contributed by atoms with Crippen LogP contribution in [0.2, 0.25) is 0 Å². The van der Waals surface area contributed by atoms with Crippen molar-refractivity contribution in [1.29, 1.82) is 0 Å². The molecule has 0 fully saturated rings. The number of nitrogens with zero attached hydrogens (tertiary/aromatic N) is 2. The van der Waals surface area contributed by atoms with Crippen molar-refractivity contribution in [2.24, 2.45) is 0 Å². The lowest BCUT2D eigenvalue weighted by atomic mass is 9.72. The van der Waals surface area contributed by atoms with Crippen LogP contribution in [0.5, 0.6) is 0 Å². The van der Waals surface area contributed by atoms with Crippen molar-refractivity contribution < 1.29 is 0 Å². The summed E-state index contributed by atoms with van der Waals surface area (Å²) in [6.45, 7) is 14.3. The number of rotatable bonds is 5. The zero-order valence-electron chi connectivity index (χ0n) is 36.9. The van der Waals surface area contributed by atoms with Gasteiger partial charge in [0.2, 0.25) is 0 Å². The summed E-state index contributed by atoms with van der Waals surface area (Å²) in [4.78, 5) is 5.06. The summed E-state index contributed by atoms with van der Waals surface area (Å²) in [5.41, 5.74) is 22.5. The van der Waals surface area contributed by atoms with Gasteiger partial charge in [0.15, 0.2) is 0 Å². The molecule has 0 saturated heterocycles. The first-order valence-corrected chi connectivity index (χ1v) is 22.4. The third-order valence-electron chi connectivity index (χ3n) is 14.8. The zero-order valence-corrected chi connectivity index (χ0v) is 36.9. The predicted molar refractivity (Wildman–Crippen MR) is 266 cm³/mol. The van der Waals surface area contributed by atoms with Crippen LogP contribution in [0.3, 0.4) is 0 Å². The molecule has 0 unspecified atom stereocenters. The number of para-hydroxylation sites is 2. The van der Waals surface area contributed by atoms with Gasteiger partial charge in [0.05, 0.1) is 22.7 Å². The van der Waals surface area contributed by atoms with E-state index in [-0.39, 0.29) is 16.2 Å². The van der Waals surface area contributed by atoms with Gasteiger partial charge in [-0.25, -0.2) is 0 Å². The van der Waals surface area contributed by atoms with E-state index < -0.39 is 0 Å². The summed E-state index contributed by atoms with van der Waals surface area (Å²) in [5, 5.41) is 2.41. The molecule has 0 aromatic heterocycles. The van der Waals surface area contributed by atoms with Gasteiger partial charge in [0.1, 0.15) is 0 Å². The fraction of sp³-hybridized carbons (Fsp3) is 0.148. The smallest absolute Gasteiger partial charge is 0.0781 e. The molecular formula is C61H50N2. The Hall–Kier alpha value is -7.16. The van der Waals surface area contributed by atoms with Crippen LogP contribution in [0.4, 0.5) is 34.1 Å². The Morgan fingerprint density at radius 1 is 0.349 bits per heavy atom. The highest BCUT2D eigenvalue weighted by atomic mass is 15.2. The minimum atomic E-state index is -0.269. The first-order chi connectivity index (χ1) is 30.5. The van der Waals surface area contributed by atoms with Crippen LogP contribution < -0.4 is 9.80 Å². The number of anilines is 6. The lowest BCUT2D eigenvalue weighted by Crippen LogP contribution is -2.31. The molecule has 2 nitrogen and oxygen atoms in total. The van der Waals surface area contributed by atoms with Crippen LogP contribution in [0.25, 0.3) is 44.2 Å². The van der Waals surface area contributed by atoms with E-state index in [1.807, 2.05) is 0 Å². The highest BCUT2D eigenvalue weighted by molar-refractivity contribution is 6.09. The average molecular weight is 811 g/mol. The van der Waals surface area contributed by atoms with Gasteiger partial charge in [0.25, 0.3) is 0 Å². The number of benzene rings is 9. The quantitative estimate of drug-likeness (QED) is 0.171. The van der Waals surface area contributed by atoms with Crippen molar-refractivity contribution in [2.75, 3.05) is 9.80 Å². The van der Waals surface area contributed by atoms with E-state index in [9.17, 15) is 0 Å². The molecule has 0 saturated carbocycles. The standard InChI is InChI=1S/C61H50N2/c1-59(2)49-24-14-12-22-45(49)47-32-28-40(36-52(47)59)41-30-34-56-54(37-41)61(5,6)51-26-16-17-27-55(51)63(56)58-44-21-11-10-18-39(44)29-35-57(58)62(42-19-8-7-9-20-42)43-31-33-48-46-23-13-15-25-50(46)60(3,4)53(48)38-43/h7-38H,1-6H3. The summed E-state index contributed by atoms with van der Waals surface area (Å²) in [7, 11) is 0. The lowest BCUT2D eigenvalue weighted by molar-refractivity contribution is 0.632. The third-order valence-corrected chi connectivity index (χ3v) is 14.8. The molecule has 2 aliphatic carbocycles. The van der Waals surface area contributed by atoms with E-state index in [0.29, 0.717) is 0 Å². The van der Waals surface area contributed by atoms with E-state index >= 15 is 0 Å². The van der Waals surface area contributed by atoms with Crippen molar-refractivity contribution >= 4 is 44.9 Å². The highest BCUT2D eigenvalue weighted by Gasteiger charge is 2.41. The minimum absolute atomic E-state index is 0.0703. The Morgan fingerprint density at radius 2 is 0.857 bits per heavy atom. The Balaban J connectivity index is 1.09. The first kappa shape index (κ1) is 37.6. The Labute approximate surface area is 371 Å². The van der Waals surface area contributed by atoms with Gasteiger partial charge in [-0.3, -0.25) is 0 Å². The Bertz CT molecular complexity index is 3330. The molecule has 0 radical (unpaired) electrons. The molecule has 2 heteroatoms. The first-order valence-electron chi connectivity index (χ1n) is 22.4. The van der Waals surface area contributed by atoms with Gasteiger partial charge >= 0.3 is 0 Å². The SMILES string of the molecule is CC1(C)c2ccccc2-c2ccc(-c3ccc4c(c3)C(C)(C)c3ccccc3N4c3c(N(c4ccccc4)c4ccc5c(c4)C(C)(C)c4ccccc4-5)ccc4ccccc34)cc21. The summed E-state index contributed by atoms with van der Waals surface area (Å²) < 4.78 is 0. The van der Waals surface area contributed by atoms with Gasteiger partial charge in [-0.2, -0.15) is 0 Å². The van der Waals surface area contributed by atoms with Gasteiger partial charge in [-0.1, -0.05) is 181 Å². The molecular weight excluding hydrogens is 761 g/mol. The van der Waals surface area contributed by atoms with Crippen molar-refractivity contribution in [1.82, 2.24) is 0 Å². The summed E-state index contributed by atoms with van der Waals surface area (Å²) in [5.74, 6) is 0. The predicted octanol–water partition coefficient (Wildman–Crippen LogP) is 16.7. The normalized spacial score (nSPS) is 15.5. The molecule has 9 aromatic rings. The molecule has 0 atom stereocenters. The van der Waals surface area contributed by atoms with Crippen LogP contribution in [0.15, 0.2) is 194 Å².